The van der Waals surface area contributed by atoms with Crippen molar-refractivity contribution in [3.63, 3.8) is 0 Å². The van der Waals surface area contributed by atoms with Crippen molar-refractivity contribution >= 4 is 11.6 Å². The number of fused-ring (bicyclic) bond motifs is 1. The Morgan fingerprint density at radius 1 is 1.12 bits per heavy atom. The third-order valence-electron chi connectivity index (χ3n) is 5.12. The molecule has 0 bridgehead atoms. The minimum Gasteiger partial charge on any atom is -0.298 e. The molecular formula is C21H30N4O. The number of nitrogens with zero attached hydrogens (tertiary/aromatic N) is 4. The van der Waals surface area contributed by atoms with E-state index in [2.05, 4.69) is 47.9 Å². The number of unbranched alkanes of at least 4 members (excludes halogenated alkanes) is 2. The minimum absolute atomic E-state index is 0.104. The average Bonchev–Trinajstić information content (AvgIpc) is 2.62. The van der Waals surface area contributed by atoms with Crippen molar-refractivity contribution in [3.8, 4) is 0 Å². The third-order valence-corrected chi connectivity index (χ3v) is 5.12. The fraction of sp³-hybridized carbons (Fsp3) is 0.524. The minimum atomic E-state index is 0.104. The predicted molar refractivity (Wildman–Crippen MR) is 107 cm³/mol. The molecule has 5 nitrogen and oxygen atoms in total. The molecule has 0 aliphatic carbocycles. The number of rotatable bonds is 6. The van der Waals surface area contributed by atoms with Gasteiger partial charge in [-0.1, -0.05) is 38.8 Å². The monoisotopic (exact) mass is 354 g/mol. The Kier molecular flexibility index (Phi) is 5.77. The van der Waals surface area contributed by atoms with Crippen LogP contribution in [0.2, 0.25) is 0 Å². The van der Waals surface area contributed by atoms with E-state index in [1.165, 1.54) is 18.4 Å². The molecule has 1 aromatic carbocycles. The van der Waals surface area contributed by atoms with Gasteiger partial charge in [-0.2, -0.15) is 0 Å². The van der Waals surface area contributed by atoms with Crippen LogP contribution in [0.4, 0.5) is 11.6 Å². The first-order chi connectivity index (χ1) is 12.5. The van der Waals surface area contributed by atoms with Gasteiger partial charge in [-0.25, -0.2) is 4.98 Å². The van der Waals surface area contributed by atoms with E-state index >= 15 is 0 Å². The summed E-state index contributed by atoms with van der Waals surface area (Å²) >= 11 is 0. The third kappa shape index (κ3) is 3.68. The summed E-state index contributed by atoms with van der Waals surface area (Å²) in [5, 5.41) is 0. The van der Waals surface area contributed by atoms with Gasteiger partial charge >= 0.3 is 0 Å². The molecule has 0 fully saturated rings. The van der Waals surface area contributed by atoms with Gasteiger partial charge in [0.1, 0.15) is 0 Å². The van der Waals surface area contributed by atoms with Gasteiger partial charge in [-0.05, 0) is 44.4 Å². The van der Waals surface area contributed by atoms with Crippen LogP contribution in [-0.2, 0) is 13.1 Å². The molecule has 0 amide bonds. The zero-order chi connectivity index (χ0) is 18.7. The SMILES string of the molecule is CCCCCN1CN(c2cccc(C)c2)c2nc(C)c(CC)c(=O)n2C1. The van der Waals surface area contributed by atoms with Gasteiger partial charge in [-0.3, -0.25) is 19.2 Å². The fourth-order valence-corrected chi connectivity index (χ4v) is 3.65. The second-order valence-corrected chi connectivity index (χ2v) is 7.21. The highest BCUT2D eigenvalue weighted by Crippen LogP contribution is 2.28. The molecule has 140 valence electrons. The van der Waals surface area contributed by atoms with E-state index in [4.69, 9.17) is 4.98 Å². The van der Waals surface area contributed by atoms with Crippen molar-refractivity contribution in [2.24, 2.45) is 0 Å². The summed E-state index contributed by atoms with van der Waals surface area (Å²) < 4.78 is 1.85. The summed E-state index contributed by atoms with van der Waals surface area (Å²) in [7, 11) is 0. The molecule has 3 rings (SSSR count). The molecule has 0 unspecified atom stereocenters. The Labute approximate surface area is 156 Å². The van der Waals surface area contributed by atoms with Gasteiger partial charge in [0.05, 0.1) is 13.3 Å². The van der Waals surface area contributed by atoms with Crippen LogP contribution < -0.4 is 10.5 Å². The van der Waals surface area contributed by atoms with Gasteiger partial charge in [0.25, 0.3) is 5.56 Å². The van der Waals surface area contributed by atoms with Gasteiger partial charge < -0.3 is 0 Å². The lowest BCUT2D eigenvalue weighted by Gasteiger charge is -2.38. The van der Waals surface area contributed by atoms with E-state index in [0.29, 0.717) is 6.67 Å². The van der Waals surface area contributed by atoms with E-state index in [9.17, 15) is 4.79 Å². The van der Waals surface area contributed by atoms with Crippen LogP contribution in [0.5, 0.6) is 0 Å². The lowest BCUT2D eigenvalue weighted by atomic mass is 10.2. The summed E-state index contributed by atoms with van der Waals surface area (Å²) in [6.45, 7) is 10.7. The summed E-state index contributed by atoms with van der Waals surface area (Å²) in [5.41, 5.74) is 4.08. The molecule has 1 aliphatic rings. The van der Waals surface area contributed by atoms with Crippen molar-refractivity contribution in [2.75, 3.05) is 18.1 Å². The van der Waals surface area contributed by atoms with E-state index < -0.39 is 0 Å². The van der Waals surface area contributed by atoms with Crippen LogP contribution in [0.1, 0.15) is 49.9 Å². The van der Waals surface area contributed by atoms with Gasteiger partial charge in [0.15, 0.2) is 0 Å². The van der Waals surface area contributed by atoms with Crippen LogP contribution >= 0.6 is 0 Å². The lowest BCUT2D eigenvalue weighted by molar-refractivity contribution is 0.194. The molecule has 26 heavy (non-hydrogen) atoms. The zero-order valence-electron chi connectivity index (χ0n) is 16.5. The topological polar surface area (TPSA) is 41.4 Å². The lowest BCUT2D eigenvalue weighted by Crippen LogP contribution is -2.48. The average molecular weight is 354 g/mol. The highest BCUT2D eigenvalue weighted by Gasteiger charge is 2.27. The van der Waals surface area contributed by atoms with Crippen molar-refractivity contribution in [2.45, 2.75) is 60.0 Å². The normalized spacial score (nSPS) is 14.5. The molecule has 2 aromatic rings. The summed E-state index contributed by atoms with van der Waals surface area (Å²) in [5.74, 6) is 0.766. The second-order valence-electron chi connectivity index (χ2n) is 7.21. The molecular weight excluding hydrogens is 324 g/mol. The van der Waals surface area contributed by atoms with E-state index in [1.54, 1.807) is 0 Å². The molecule has 0 saturated carbocycles. The summed E-state index contributed by atoms with van der Waals surface area (Å²) in [6, 6.07) is 8.42. The first kappa shape index (κ1) is 18.6. The van der Waals surface area contributed by atoms with Gasteiger partial charge in [0, 0.05) is 23.5 Å². The quantitative estimate of drug-likeness (QED) is 0.736. The first-order valence-corrected chi connectivity index (χ1v) is 9.72. The van der Waals surface area contributed by atoms with Crippen LogP contribution in [0.15, 0.2) is 29.1 Å². The van der Waals surface area contributed by atoms with Crippen molar-refractivity contribution in [3.05, 3.63) is 51.4 Å². The Hall–Kier alpha value is -2.14. The number of anilines is 2. The van der Waals surface area contributed by atoms with Crippen LogP contribution in [0, 0.1) is 13.8 Å². The molecule has 0 N–H and O–H groups in total. The van der Waals surface area contributed by atoms with Crippen molar-refractivity contribution in [1.29, 1.82) is 0 Å². The Morgan fingerprint density at radius 2 is 1.92 bits per heavy atom. The van der Waals surface area contributed by atoms with Gasteiger partial charge in [0.2, 0.25) is 5.95 Å². The number of hydrogen-bond acceptors (Lipinski definition) is 4. The van der Waals surface area contributed by atoms with Crippen molar-refractivity contribution in [1.82, 2.24) is 14.5 Å². The van der Waals surface area contributed by atoms with Gasteiger partial charge in [-0.15, -0.1) is 0 Å². The van der Waals surface area contributed by atoms with Crippen LogP contribution in [0.25, 0.3) is 0 Å². The maximum Gasteiger partial charge on any atom is 0.259 e. The first-order valence-electron chi connectivity index (χ1n) is 9.72. The standard InChI is InChI=1S/C21H30N4O/c1-5-7-8-12-23-14-24(18-11-9-10-16(3)13-18)21-22-17(4)19(6-2)20(26)25(21)15-23/h9-11,13H,5-8,12,14-15H2,1-4H3. The van der Waals surface area contributed by atoms with Crippen LogP contribution in [0.3, 0.4) is 0 Å². The van der Waals surface area contributed by atoms with Crippen molar-refractivity contribution < 1.29 is 0 Å². The largest absolute Gasteiger partial charge is 0.298 e. The highest BCUT2D eigenvalue weighted by atomic mass is 16.1. The van der Waals surface area contributed by atoms with Crippen LogP contribution in [-0.4, -0.2) is 27.7 Å². The molecule has 0 atom stereocenters. The molecule has 0 spiro atoms. The summed E-state index contributed by atoms with van der Waals surface area (Å²) in [4.78, 5) is 22.4. The molecule has 0 radical (unpaired) electrons. The molecule has 2 heterocycles. The Bertz CT molecular complexity index is 827. The summed E-state index contributed by atoms with van der Waals surface area (Å²) in [6.07, 6.45) is 4.29. The zero-order valence-corrected chi connectivity index (χ0v) is 16.5. The number of aryl methyl sites for hydroxylation is 2. The fourth-order valence-electron chi connectivity index (χ4n) is 3.65. The Morgan fingerprint density at radius 3 is 2.62 bits per heavy atom. The maximum absolute atomic E-state index is 13.1. The molecule has 1 aromatic heterocycles. The van der Waals surface area contributed by atoms with E-state index in [-0.39, 0.29) is 5.56 Å². The second kappa shape index (κ2) is 8.04. The number of hydrogen-bond donors (Lipinski definition) is 0. The van der Waals surface area contributed by atoms with E-state index in [1.807, 2.05) is 18.4 Å². The Balaban J connectivity index is 2.05. The molecule has 5 heteroatoms. The van der Waals surface area contributed by atoms with E-state index in [0.717, 1.165) is 48.9 Å². The maximum atomic E-state index is 13.1. The molecule has 0 saturated heterocycles. The smallest absolute Gasteiger partial charge is 0.259 e. The number of benzene rings is 1. The molecule has 1 aliphatic heterocycles. The predicted octanol–water partition coefficient (Wildman–Crippen LogP) is 3.98. The highest BCUT2D eigenvalue weighted by molar-refractivity contribution is 5.59. The number of aromatic nitrogens is 2.